The van der Waals surface area contributed by atoms with E-state index in [4.69, 9.17) is 9.47 Å². The van der Waals surface area contributed by atoms with E-state index >= 15 is 0 Å². The molecule has 3 heterocycles. The fourth-order valence-corrected chi connectivity index (χ4v) is 4.37. The molecule has 5 rings (SSSR count). The molecule has 1 N–H and O–H groups in total. The molecular formula is C22H19FN4O2S. The minimum absolute atomic E-state index is 0.261. The van der Waals surface area contributed by atoms with Crippen molar-refractivity contribution in [2.45, 2.75) is 18.8 Å². The molecule has 6 nitrogen and oxygen atoms in total. The van der Waals surface area contributed by atoms with Crippen molar-refractivity contribution in [1.82, 2.24) is 15.0 Å². The Kier molecular flexibility index (Phi) is 5.25. The van der Waals surface area contributed by atoms with Crippen LogP contribution in [-0.4, -0.2) is 28.2 Å². The van der Waals surface area contributed by atoms with Crippen LogP contribution in [0.5, 0.6) is 11.6 Å². The maximum Gasteiger partial charge on any atom is 0.241 e. The molecule has 1 saturated heterocycles. The van der Waals surface area contributed by atoms with Crippen LogP contribution in [0.15, 0.2) is 54.9 Å². The van der Waals surface area contributed by atoms with E-state index in [1.54, 1.807) is 18.5 Å². The van der Waals surface area contributed by atoms with Gasteiger partial charge in [0.05, 0.1) is 10.2 Å². The maximum absolute atomic E-state index is 13.4. The molecule has 0 unspecified atom stereocenters. The Morgan fingerprint density at radius 3 is 2.67 bits per heavy atom. The molecule has 30 heavy (non-hydrogen) atoms. The largest absolute Gasteiger partial charge is 0.437 e. The zero-order valence-electron chi connectivity index (χ0n) is 16.0. The van der Waals surface area contributed by atoms with Crippen LogP contribution in [0.3, 0.4) is 0 Å². The quantitative estimate of drug-likeness (QED) is 0.448. The van der Waals surface area contributed by atoms with Gasteiger partial charge in [-0.1, -0.05) is 11.3 Å². The molecule has 0 atom stereocenters. The number of aromatic nitrogens is 3. The number of rotatable bonds is 5. The Balaban J connectivity index is 1.30. The number of benzene rings is 2. The Morgan fingerprint density at radius 2 is 1.83 bits per heavy atom. The maximum atomic E-state index is 13.4. The standard InChI is InChI=1S/C22H19FN4O2S/c23-15-1-6-18-19(13-15)30-22(27-18)26-16-2-4-17(5-3-16)29-21-20(24-9-10-25-21)14-7-11-28-12-8-14/h1-6,9-10,13-14H,7-8,11-12H2,(H,26,27). The van der Waals surface area contributed by atoms with Crippen LogP contribution in [0.25, 0.3) is 10.2 Å². The van der Waals surface area contributed by atoms with Gasteiger partial charge in [0.25, 0.3) is 0 Å². The van der Waals surface area contributed by atoms with Gasteiger partial charge < -0.3 is 14.8 Å². The second kappa shape index (κ2) is 8.33. The van der Waals surface area contributed by atoms with Gasteiger partial charge in [-0.15, -0.1) is 0 Å². The Morgan fingerprint density at radius 1 is 1.03 bits per heavy atom. The van der Waals surface area contributed by atoms with Crippen molar-refractivity contribution in [1.29, 1.82) is 0 Å². The molecule has 0 aliphatic carbocycles. The molecule has 0 spiro atoms. The van der Waals surface area contributed by atoms with Gasteiger partial charge in [0, 0.05) is 37.2 Å². The molecule has 0 bridgehead atoms. The third kappa shape index (κ3) is 4.10. The summed E-state index contributed by atoms with van der Waals surface area (Å²) in [6.45, 7) is 1.47. The van der Waals surface area contributed by atoms with E-state index in [0.717, 1.165) is 47.7 Å². The van der Waals surface area contributed by atoms with Crippen LogP contribution in [-0.2, 0) is 4.74 Å². The van der Waals surface area contributed by atoms with E-state index in [-0.39, 0.29) is 5.82 Å². The first kappa shape index (κ1) is 18.9. The summed E-state index contributed by atoms with van der Waals surface area (Å²) in [6.07, 6.45) is 5.19. The average molecular weight is 422 g/mol. The van der Waals surface area contributed by atoms with Crippen molar-refractivity contribution in [3.8, 4) is 11.6 Å². The van der Waals surface area contributed by atoms with Crippen LogP contribution < -0.4 is 10.1 Å². The first-order chi connectivity index (χ1) is 14.7. The molecule has 0 amide bonds. The Hall–Kier alpha value is -3.10. The minimum Gasteiger partial charge on any atom is -0.437 e. The number of nitrogens with one attached hydrogen (secondary N) is 1. The highest BCUT2D eigenvalue weighted by Gasteiger charge is 2.22. The summed E-state index contributed by atoms with van der Waals surface area (Å²) in [5, 5.41) is 3.96. The van der Waals surface area contributed by atoms with Crippen molar-refractivity contribution < 1.29 is 13.9 Å². The third-order valence-electron chi connectivity index (χ3n) is 4.97. The summed E-state index contributed by atoms with van der Waals surface area (Å²) < 4.78 is 25.7. The number of fused-ring (bicyclic) bond motifs is 1. The van der Waals surface area contributed by atoms with E-state index in [9.17, 15) is 4.39 Å². The number of ether oxygens (including phenoxy) is 2. The van der Waals surface area contributed by atoms with Crippen LogP contribution in [0.4, 0.5) is 15.2 Å². The molecule has 8 heteroatoms. The van der Waals surface area contributed by atoms with Crippen molar-refractivity contribution in [3.05, 3.63) is 66.4 Å². The van der Waals surface area contributed by atoms with Crippen molar-refractivity contribution in [2.24, 2.45) is 0 Å². The summed E-state index contributed by atoms with van der Waals surface area (Å²) >= 11 is 1.41. The summed E-state index contributed by atoms with van der Waals surface area (Å²) in [5.74, 6) is 1.26. The third-order valence-corrected chi connectivity index (χ3v) is 5.90. The highest BCUT2D eigenvalue weighted by atomic mass is 32.1. The monoisotopic (exact) mass is 422 g/mol. The van der Waals surface area contributed by atoms with E-state index in [1.807, 2.05) is 24.3 Å². The van der Waals surface area contributed by atoms with Gasteiger partial charge in [-0.2, -0.15) is 0 Å². The summed E-state index contributed by atoms with van der Waals surface area (Å²) in [7, 11) is 0. The average Bonchev–Trinajstić information content (AvgIpc) is 3.17. The molecule has 0 radical (unpaired) electrons. The van der Waals surface area contributed by atoms with E-state index in [0.29, 0.717) is 22.7 Å². The van der Waals surface area contributed by atoms with Gasteiger partial charge in [-0.05, 0) is 55.3 Å². The number of thiazole rings is 1. The van der Waals surface area contributed by atoms with Crippen LogP contribution in [0, 0.1) is 5.82 Å². The highest BCUT2D eigenvalue weighted by Crippen LogP contribution is 2.34. The SMILES string of the molecule is Fc1ccc2nc(Nc3ccc(Oc4nccnc4C4CCOCC4)cc3)sc2c1. The molecule has 1 aliphatic heterocycles. The van der Waals surface area contributed by atoms with Crippen LogP contribution in [0.1, 0.15) is 24.5 Å². The smallest absolute Gasteiger partial charge is 0.241 e. The van der Waals surface area contributed by atoms with Gasteiger partial charge in [-0.25, -0.2) is 14.4 Å². The number of nitrogens with zero attached hydrogens (tertiary/aromatic N) is 3. The first-order valence-electron chi connectivity index (χ1n) is 9.74. The van der Waals surface area contributed by atoms with Gasteiger partial charge >= 0.3 is 0 Å². The highest BCUT2D eigenvalue weighted by molar-refractivity contribution is 7.22. The molecule has 0 saturated carbocycles. The zero-order valence-corrected chi connectivity index (χ0v) is 16.9. The van der Waals surface area contributed by atoms with E-state index in [1.165, 1.54) is 23.5 Å². The molecule has 2 aromatic carbocycles. The van der Waals surface area contributed by atoms with E-state index < -0.39 is 0 Å². The molecule has 152 valence electrons. The zero-order chi connectivity index (χ0) is 20.3. The fraction of sp³-hybridized carbons (Fsp3) is 0.227. The van der Waals surface area contributed by atoms with Gasteiger partial charge in [0.15, 0.2) is 5.13 Å². The van der Waals surface area contributed by atoms with Crippen LogP contribution >= 0.6 is 11.3 Å². The second-order valence-electron chi connectivity index (χ2n) is 7.02. The summed E-state index contributed by atoms with van der Waals surface area (Å²) in [4.78, 5) is 13.4. The molecule has 1 fully saturated rings. The fourth-order valence-electron chi connectivity index (χ4n) is 3.46. The van der Waals surface area contributed by atoms with Crippen molar-refractivity contribution >= 4 is 32.4 Å². The molecule has 4 aromatic rings. The van der Waals surface area contributed by atoms with Gasteiger partial charge in [0.1, 0.15) is 17.3 Å². The molecule has 2 aromatic heterocycles. The van der Waals surface area contributed by atoms with Gasteiger partial charge in [0.2, 0.25) is 5.88 Å². The molecule has 1 aliphatic rings. The Bertz CT molecular complexity index is 1160. The lowest BCUT2D eigenvalue weighted by atomic mass is 9.96. The van der Waals surface area contributed by atoms with E-state index in [2.05, 4.69) is 20.3 Å². The predicted octanol–water partition coefficient (Wildman–Crippen LogP) is 5.66. The van der Waals surface area contributed by atoms with Gasteiger partial charge in [-0.3, -0.25) is 4.98 Å². The summed E-state index contributed by atoms with van der Waals surface area (Å²) in [6, 6.07) is 12.2. The Labute approximate surface area is 176 Å². The first-order valence-corrected chi connectivity index (χ1v) is 10.6. The second-order valence-corrected chi connectivity index (χ2v) is 8.05. The van der Waals surface area contributed by atoms with Crippen molar-refractivity contribution in [3.63, 3.8) is 0 Å². The predicted molar refractivity (Wildman–Crippen MR) is 114 cm³/mol. The lowest BCUT2D eigenvalue weighted by molar-refractivity contribution is 0.0839. The van der Waals surface area contributed by atoms with Crippen molar-refractivity contribution in [2.75, 3.05) is 18.5 Å². The minimum atomic E-state index is -0.261. The normalized spacial score (nSPS) is 14.7. The number of anilines is 2. The topological polar surface area (TPSA) is 69.2 Å². The lowest BCUT2D eigenvalue weighted by Gasteiger charge is -2.22. The lowest BCUT2D eigenvalue weighted by Crippen LogP contribution is -2.16. The number of hydrogen-bond acceptors (Lipinski definition) is 7. The molecular weight excluding hydrogens is 403 g/mol. The number of halogens is 1. The summed E-state index contributed by atoms with van der Waals surface area (Å²) in [5.41, 5.74) is 2.52. The number of hydrogen-bond donors (Lipinski definition) is 1. The van der Waals surface area contributed by atoms with Crippen LogP contribution in [0.2, 0.25) is 0 Å².